The molecule has 0 aromatic rings. The van der Waals surface area contributed by atoms with Crippen LogP contribution < -0.4 is 0 Å². The Morgan fingerprint density at radius 1 is 1.67 bits per heavy atom. The van der Waals surface area contributed by atoms with Crippen molar-refractivity contribution in [1.82, 2.24) is 0 Å². The molecule has 0 spiro atoms. The Morgan fingerprint density at radius 3 is 2.50 bits per heavy atom. The van der Waals surface area contributed by atoms with E-state index >= 15 is 0 Å². The molecule has 0 saturated carbocycles. The van der Waals surface area contributed by atoms with Gasteiger partial charge in [0.1, 0.15) is 12.7 Å². The molecule has 0 fully saturated rings. The average Bonchev–Trinajstić information content (AvgIpc) is 1.99. The summed E-state index contributed by atoms with van der Waals surface area (Å²) < 4.78 is 4.51. The molecular weight excluding hydrogens is 164 g/mol. The Kier molecular flexibility index (Phi) is 7.72. The molecule has 0 amide bonds. The predicted octanol–water partition coefficient (Wildman–Crippen LogP) is -1.37. The number of ether oxygens (including phenoxy) is 1. The monoisotopic (exact) mass is 178 g/mol. The van der Waals surface area contributed by atoms with Crippen LogP contribution in [-0.4, -0.2) is 41.0 Å². The van der Waals surface area contributed by atoms with Crippen LogP contribution in [0, 0.1) is 0 Å². The molecule has 0 radical (unpaired) electrons. The number of hydrogen-bond acceptors (Lipinski definition) is 4. The molecule has 5 heteroatoms. The van der Waals surface area contributed by atoms with Gasteiger partial charge in [-0.2, -0.15) is 0 Å². The van der Waals surface area contributed by atoms with E-state index in [0.717, 1.165) is 0 Å². The van der Waals surface area contributed by atoms with E-state index in [-0.39, 0.29) is 17.7 Å². The number of esters is 1. The normalized spacial score (nSPS) is 11.2. The highest BCUT2D eigenvalue weighted by molar-refractivity contribution is 5.86. The minimum absolute atomic E-state index is 0. The summed E-state index contributed by atoms with van der Waals surface area (Å²) >= 11 is 0. The smallest absolute Gasteiger partial charge is 0.333 e. The van der Waals surface area contributed by atoms with Crippen molar-refractivity contribution in [3.63, 3.8) is 0 Å². The lowest BCUT2D eigenvalue weighted by Crippen LogP contribution is -2.22. The van der Waals surface area contributed by atoms with Gasteiger partial charge in [-0.1, -0.05) is 6.58 Å². The van der Waals surface area contributed by atoms with E-state index in [2.05, 4.69) is 11.3 Å². The van der Waals surface area contributed by atoms with Crippen LogP contribution >= 0.6 is 0 Å². The number of carbonyl (C=O) groups is 1. The Labute approximate surface area is 70.6 Å². The molecule has 0 saturated heterocycles. The predicted molar refractivity (Wildman–Crippen MR) is 42.5 cm³/mol. The second-order valence-electron chi connectivity index (χ2n) is 2.22. The molecule has 0 heterocycles. The number of carbonyl (C=O) groups excluding carboxylic acids is 1. The molecular formula is C7H14O5. The number of hydrogen-bond donors (Lipinski definition) is 2. The highest BCUT2D eigenvalue weighted by atomic mass is 16.5. The first-order valence-electron chi connectivity index (χ1n) is 3.19. The Morgan fingerprint density at radius 2 is 2.17 bits per heavy atom. The van der Waals surface area contributed by atoms with Crippen LogP contribution in [0.1, 0.15) is 6.92 Å². The zero-order valence-corrected chi connectivity index (χ0v) is 6.91. The van der Waals surface area contributed by atoms with Crippen molar-refractivity contribution in [1.29, 1.82) is 0 Å². The minimum Gasteiger partial charge on any atom is -0.460 e. The van der Waals surface area contributed by atoms with Crippen molar-refractivity contribution in [2.75, 3.05) is 13.2 Å². The molecule has 0 aliphatic heterocycles. The van der Waals surface area contributed by atoms with Crippen LogP contribution in [0.2, 0.25) is 0 Å². The Hall–Kier alpha value is -0.910. The van der Waals surface area contributed by atoms with Gasteiger partial charge in [0.25, 0.3) is 0 Å². The standard InChI is InChI=1S/C7H12O4.H2O/c1-5(2)7(10)11-4-6(9)3-8;/h6,8-9H,1,3-4H2,2H3;1H2. The summed E-state index contributed by atoms with van der Waals surface area (Å²) in [5, 5.41) is 17.1. The quantitative estimate of drug-likeness (QED) is 0.410. The first kappa shape index (κ1) is 13.7. The Balaban J connectivity index is 0. The van der Waals surface area contributed by atoms with E-state index in [1.165, 1.54) is 6.92 Å². The first-order chi connectivity index (χ1) is 5.07. The first-order valence-corrected chi connectivity index (χ1v) is 3.19. The van der Waals surface area contributed by atoms with Gasteiger partial charge in [-0.05, 0) is 6.92 Å². The fraction of sp³-hybridized carbons (Fsp3) is 0.571. The number of rotatable bonds is 4. The molecule has 0 aliphatic rings. The van der Waals surface area contributed by atoms with Gasteiger partial charge >= 0.3 is 5.97 Å². The third-order valence-electron chi connectivity index (χ3n) is 0.966. The van der Waals surface area contributed by atoms with Gasteiger partial charge in [0, 0.05) is 5.57 Å². The van der Waals surface area contributed by atoms with Crippen molar-refractivity contribution in [3.8, 4) is 0 Å². The van der Waals surface area contributed by atoms with Gasteiger partial charge in [-0.25, -0.2) is 4.79 Å². The lowest BCUT2D eigenvalue weighted by Gasteiger charge is -2.07. The zero-order valence-electron chi connectivity index (χ0n) is 6.91. The maximum absolute atomic E-state index is 10.6. The Bertz CT molecular complexity index is 154. The third kappa shape index (κ3) is 5.84. The summed E-state index contributed by atoms with van der Waals surface area (Å²) in [6.07, 6.45) is -1.00. The number of aliphatic hydroxyl groups excluding tert-OH is 2. The largest absolute Gasteiger partial charge is 0.460 e. The summed E-state index contributed by atoms with van der Waals surface area (Å²) in [5.41, 5.74) is 0.273. The van der Waals surface area contributed by atoms with Crippen molar-refractivity contribution >= 4 is 5.97 Å². The van der Waals surface area contributed by atoms with Crippen molar-refractivity contribution in [3.05, 3.63) is 12.2 Å². The van der Waals surface area contributed by atoms with Crippen LogP contribution in [0.4, 0.5) is 0 Å². The summed E-state index contributed by atoms with van der Waals surface area (Å²) in [6, 6.07) is 0. The highest BCUT2D eigenvalue weighted by Crippen LogP contribution is 1.93. The van der Waals surface area contributed by atoms with E-state index in [4.69, 9.17) is 10.2 Å². The topological polar surface area (TPSA) is 98.3 Å². The zero-order chi connectivity index (χ0) is 8.85. The minimum atomic E-state index is -1.00. The lowest BCUT2D eigenvalue weighted by molar-refractivity contribution is -0.142. The molecule has 0 rings (SSSR count). The van der Waals surface area contributed by atoms with Crippen LogP contribution in [0.5, 0.6) is 0 Å². The molecule has 12 heavy (non-hydrogen) atoms. The van der Waals surface area contributed by atoms with Crippen LogP contribution in [0.15, 0.2) is 12.2 Å². The maximum Gasteiger partial charge on any atom is 0.333 e. The number of aliphatic hydroxyl groups is 2. The van der Waals surface area contributed by atoms with Crippen molar-refractivity contribution in [2.24, 2.45) is 0 Å². The fourth-order valence-corrected chi connectivity index (χ4v) is 0.348. The average molecular weight is 178 g/mol. The van der Waals surface area contributed by atoms with Gasteiger partial charge in [0.15, 0.2) is 0 Å². The van der Waals surface area contributed by atoms with E-state index in [1.54, 1.807) is 0 Å². The van der Waals surface area contributed by atoms with Crippen LogP contribution in [0.3, 0.4) is 0 Å². The van der Waals surface area contributed by atoms with Gasteiger partial charge in [-0.15, -0.1) is 0 Å². The molecule has 0 aliphatic carbocycles. The summed E-state index contributed by atoms with van der Waals surface area (Å²) in [7, 11) is 0. The van der Waals surface area contributed by atoms with E-state index < -0.39 is 18.7 Å². The molecule has 1 atom stereocenters. The van der Waals surface area contributed by atoms with Crippen molar-refractivity contribution < 1.29 is 25.2 Å². The molecule has 4 N–H and O–H groups in total. The molecule has 0 bridgehead atoms. The van der Waals surface area contributed by atoms with Gasteiger partial charge in [-0.3, -0.25) is 0 Å². The van der Waals surface area contributed by atoms with Gasteiger partial charge < -0.3 is 20.4 Å². The molecule has 5 nitrogen and oxygen atoms in total. The summed E-state index contributed by atoms with van der Waals surface area (Å²) in [6.45, 7) is 4.24. The summed E-state index contributed by atoms with van der Waals surface area (Å²) in [5.74, 6) is -0.558. The van der Waals surface area contributed by atoms with Gasteiger partial charge in [0.05, 0.1) is 6.61 Å². The molecule has 1 unspecified atom stereocenters. The van der Waals surface area contributed by atoms with Crippen LogP contribution in [-0.2, 0) is 9.53 Å². The maximum atomic E-state index is 10.6. The SMILES string of the molecule is C=C(C)C(=O)OCC(O)CO.O. The van der Waals surface area contributed by atoms with E-state index in [9.17, 15) is 4.79 Å². The van der Waals surface area contributed by atoms with E-state index in [0.29, 0.717) is 0 Å². The van der Waals surface area contributed by atoms with Crippen molar-refractivity contribution in [2.45, 2.75) is 13.0 Å². The third-order valence-corrected chi connectivity index (χ3v) is 0.966. The van der Waals surface area contributed by atoms with Crippen LogP contribution in [0.25, 0.3) is 0 Å². The molecule has 0 aromatic carbocycles. The van der Waals surface area contributed by atoms with Gasteiger partial charge in [0.2, 0.25) is 0 Å². The molecule has 72 valence electrons. The van der Waals surface area contributed by atoms with E-state index in [1.807, 2.05) is 0 Å². The highest BCUT2D eigenvalue weighted by Gasteiger charge is 2.07. The summed E-state index contributed by atoms with van der Waals surface area (Å²) in [4.78, 5) is 10.6. The second kappa shape index (κ2) is 6.78. The fourth-order valence-electron chi connectivity index (χ4n) is 0.348. The second-order valence-corrected chi connectivity index (χ2v) is 2.22. The molecule has 0 aromatic heterocycles. The lowest BCUT2D eigenvalue weighted by atomic mass is 10.3.